The minimum absolute atomic E-state index is 0.0751. The maximum absolute atomic E-state index is 13.5. The molecule has 1 saturated heterocycles. The van der Waals surface area contributed by atoms with Crippen LogP contribution in [0.1, 0.15) is 5.56 Å². The van der Waals surface area contributed by atoms with E-state index in [0.29, 0.717) is 22.0 Å². The number of carbonyl (C=O) groups is 3. The van der Waals surface area contributed by atoms with Crippen LogP contribution in [0.5, 0.6) is 5.75 Å². The van der Waals surface area contributed by atoms with Gasteiger partial charge in [-0.25, -0.2) is 9.78 Å². The first-order valence-electron chi connectivity index (χ1n) is 13.1. The standard InChI is InChI=1S/C29H22N4O7S4/c34-23(15-39-19-6-2-1-3-7-19)31-24-26(35)32-25(28(36)40-14-17-10-12-18(13-11-17)33(37)38)22(16-41-27(24)32)43-44-29-30-20-8-4-5-9-21(20)42-29/h1-13,24,27H,14-16H2,(H,31,34)/t24?,27-/m1/s1. The minimum Gasteiger partial charge on any atom is -0.484 e. The average molecular weight is 667 g/mol. The number of benzene rings is 3. The monoisotopic (exact) mass is 666 g/mol. The number of thiazole rings is 1. The maximum atomic E-state index is 13.5. The third-order valence-corrected chi connectivity index (χ3v) is 11.9. The van der Waals surface area contributed by atoms with Crippen LogP contribution in [0.2, 0.25) is 0 Å². The van der Waals surface area contributed by atoms with E-state index in [1.807, 2.05) is 30.3 Å². The van der Waals surface area contributed by atoms with Gasteiger partial charge in [0.15, 0.2) is 10.9 Å². The van der Waals surface area contributed by atoms with Gasteiger partial charge in [-0.2, -0.15) is 0 Å². The molecule has 6 rings (SSSR count). The number of esters is 1. The summed E-state index contributed by atoms with van der Waals surface area (Å²) in [7, 11) is 2.73. The van der Waals surface area contributed by atoms with E-state index in [1.165, 1.54) is 73.9 Å². The van der Waals surface area contributed by atoms with Gasteiger partial charge in [-0.3, -0.25) is 24.6 Å². The minimum atomic E-state index is -0.826. The molecule has 15 heteroatoms. The molecular weight excluding hydrogens is 645 g/mol. The number of nitro benzene ring substituents is 1. The molecular formula is C29H22N4O7S4. The highest BCUT2D eigenvalue weighted by Crippen LogP contribution is 2.49. The Morgan fingerprint density at radius 1 is 1.05 bits per heavy atom. The molecule has 3 heterocycles. The van der Waals surface area contributed by atoms with Gasteiger partial charge in [-0.15, -0.1) is 23.1 Å². The summed E-state index contributed by atoms with van der Waals surface area (Å²) in [6, 6.07) is 21.5. The van der Waals surface area contributed by atoms with Crippen LogP contribution in [-0.4, -0.2) is 56.4 Å². The zero-order valence-corrected chi connectivity index (χ0v) is 25.9. The summed E-state index contributed by atoms with van der Waals surface area (Å²) in [6.45, 7) is -0.398. The molecule has 0 spiro atoms. The van der Waals surface area contributed by atoms with Crippen molar-refractivity contribution in [2.75, 3.05) is 12.4 Å². The fraction of sp³-hybridized carbons (Fsp3) is 0.172. The van der Waals surface area contributed by atoms with Crippen molar-refractivity contribution in [3.05, 3.63) is 105 Å². The molecule has 1 fully saturated rings. The van der Waals surface area contributed by atoms with Gasteiger partial charge in [0.25, 0.3) is 17.5 Å². The van der Waals surface area contributed by atoms with Crippen LogP contribution in [0.25, 0.3) is 10.2 Å². The molecule has 0 radical (unpaired) electrons. The Bertz CT molecular complexity index is 1730. The number of aromatic nitrogens is 1. The number of hydrogen-bond donors (Lipinski definition) is 1. The summed E-state index contributed by atoms with van der Waals surface area (Å²) in [5.74, 6) is -0.645. The van der Waals surface area contributed by atoms with Crippen LogP contribution in [0, 0.1) is 10.1 Å². The number of rotatable bonds is 11. The topological polar surface area (TPSA) is 141 Å². The van der Waals surface area contributed by atoms with Crippen molar-refractivity contribution in [1.29, 1.82) is 0 Å². The first-order valence-corrected chi connectivity index (χ1v) is 17.1. The highest BCUT2D eigenvalue weighted by molar-refractivity contribution is 8.78. The van der Waals surface area contributed by atoms with Crippen molar-refractivity contribution in [3.63, 3.8) is 0 Å². The molecule has 224 valence electrons. The average Bonchev–Trinajstić information content (AvgIpc) is 3.47. The predicted molar refractivity (Wildman–Crippen MR) is 170 cm³/mol. The molecule has 1 N–H and O–H groups in total. The Kier molecular flexibility index (Phi) is 9.07. The SMILES string of the molecule is O=C(COc1ccccc1)NC1C(=O)N2C(C(=O)OCc3ccc([N+](=O)[O-])cc3)=C(SSc3nc4ccccc4s3)CS[C@H]12. The second-order valence-electron chi connectivity index (χ2n) is 9.44. The van der Waals surface area contributed by atoms with Crippen molar-refractivity contribution in [2.24, 2.45) is 0 Å². The van der Waals surface area contributed by atoms with Crippen LogP contribution in [0.3, 0.4) is 0 Å². The number of thioether (sulfide) groups is 1. The number of nitrogens with one attached hydrogen (secondary N) is 1. The summed E-state index contributed by atoms with van der Waals surface area (Å²) < 4.78 is 12.9. The Balaban J connectivity index is 1.17. The lowest BCUT2D eigenvalue weighted by Crippen LogP contribution is -2.70. The van der Waals surface area contributed by atoms with Gasteiger partial charge < -0.3 is 14.8 Å². The van der Waals surface area contributed by atoms with Crippen molar-refractivity contribution in [1.82, 2.24) is 15.2 Å². The third-order valence-electron chi connectivity index (χ3n) is 6.56. The first kappa shape index (κ1) is 30.0. The van der Waals surface area contributed by atoms with E-state index in [4.69, 9.17) is 9.47 Å². The zero-order valence-electron chi connectivity index (χ0n) is 22.6. The zero-order chi connectivity index (χ0) is 30.6. The summed E-state index contributed by atoms with van der Waals surface area (Å²) in [5, 5.41) is 13.2. The number of β-lactam (4-membered cyclic amide) rings is 1. The number of para-hydroxylation sites is 2. The molecule has 44 heavy (non-hydrogen) atoms. The van der Waals surface area contributed by atoms with E-state index >= 15 is 0 Å². The molecule has 2 aliphatic heterocycles. The van der Waals surface area contributed by atoms with E-state index in [1.54, 1.807) is 24.3 Å². The van der Waals surface area contributed by atoms with Gasteiger partial charge in [0.05, 0.1) is 15.1 Å². The number of ether oxygens (including phenoxy) is 2. The number of hydrogen-bond acceptors (Lipinski definition) is 12. The van der Waals surface area contributed by atoms with Crippen LogP contribution in [0.4, 0.5) is 5.69 Å². The molecule has 11 nitrogen and oxygen atoms in total. The second kappa shape index (κ2) is 13.3. The highest BCUT2D eigenvalue weighted by atomic mass is 33.1. The van der Waals surface area contributed by atoms with E-state index < -0.39 is 34.1 Å². The lowest BCUT2D eigenvalue weighted by molar-refractivity contribution is -0.384. The quantitative estimate of drug-likeness (QED) is 0.0725. The van der Waals surface area contributed by atoms with E-state index in [-0.39, 0.29) is 24.6 Å². The highest BCUT2D eigenvalue weighted by Gasteiger charge is 2.54. The molecule has 2 aliphatic rings. The Hall–Kier alpha value is -4.05. The first-order chi connectivity index (χ1) is 21.4. The van der Waals surface area contributed by atoms with Crippen LogP contribution < -0.4 is 10.1 Å². The van der Waals surface area contributed by atoms with Crippen molar-refractivity contribution >= 4 is 78.4 Å². The third kappa shape index (κ3) is 6.55. The van der Waals surface area contributed by atoms with Gasteiger partial charge in [0.1, 0.15) is 29.5 Å². The van der Waals surface area contributed by atoms with E-state index in [2.05, 4.69) is 10.3 Å². The van der Waals surface area contributed by atoms with Gasteiger partial charge in [-0.05, 0) is 52.8 Å². The Morgan fingerprint density at radius 2 is 1.80 bits per heavy atom. The second-order valence-corrected chi connectivity index (χ2v) is 14.0. The molecule has 3 aromatic carbocycles. The number of nitrogens with zero attached hydrogens (tertiary/aromatic N) is 3. The predicted octanol–water partition coefficient (Wildman–Crippen LogP) is 5.38. The molecule has 4 aromatic rings. The Labute approximate surface area is 266 Å². The van der Waals surface area contributed by atoms with Gasteiger partial charge >= 0.3 is 5.97 Å². The number of carbonyl (C=O) groups excluding carboxylic acids is 3. The Morgan fingerprint density at radius 3 is 2.55 bits per heavy atom. The van der Waals surface area contributed by atoms with Crippen LogP contribution in [0.15, 0.2) is 93.8 Å². The molecule has 0 bridgehead atoms. The van der Waals surface area contributed by atoms with E-state index in [0.717, 1.165) is 14.6 Å². The lowest BCUT2D eigenvalue weighted by Gasteiger charge is -2.49. The van der Waals surface area contributed by atoms with Crippen LogP contribution >= 0.6 is 44.7 Å². The van der Waals surface area contributed by atoms with Crippen molar-refractivity contribution in [2.45, 2.75) is 22.4 Å². The molecule has 0 saturated carbocycles. The molecule has 2 amide bonds. The van der Waals surface area contributed by atoms with Crippen LogP contribution in [-0.2, 0) is 25.7 Å². The van der Waals surface area contributed by atoms with Crippen molar-refractivity contribution < 1.29 is 28.8 Å². The van der Waals surface area contributed by atoms with Gasteiger partial charge in [0, 0.05) is 22.8 Å². The number of amides is 2. The summed E-state index contributed by atoms with van der Waals surface area (Å²) in [6.07, 6.45) is 0. The summed E-state index contributed by atoms with van der Waals surface area (Å²) in [5.41, 5.74) is 1.48. The molecule has 1 aromatic heterocycles. The van der Waals surface area contributed by atoms with Crippen molar-refractivity contribution in [3.8, 4) is 5.75 Å². The number of nitro groups is 1. The normalized spacial score (nSPS) is 17.5. The summed E-state index contributed by atoms with van der Waals surface area (Å²) >= 11 is 2.97. The number of fused-ring (bicyclic) bond motifs is 2. The molecule has 2 atom stereocenters. The molecule has 1 unspecified atom stereocenters. The molecule has 0 aliphatic carbocycles. The fourth-order valence-electron chi connectivity index (χ4n) is 4.43. The smallest absolute Gasteiger partial charge is 0.356 e. The largest absolute Gasteiger partial charge is 0.484 e. The number of non-ortho nitro benzene ring substituents is 1. The lowest BCUT2D eigenvalue weighted by atomic mass is 10.1. The fourth-order valence-corrected chi connectivity index (χ4v) is 9.60. The summed E-state index contributed by atoms with van der Waals surface area (Å²) in [4.78, 5) is 56.6. The van der Waals surface area contributed by atoms with Gasteiger partial charge in [0.2, 0.25) is 0 Å². The van der Waals surface area contributed by atoms with E-state index in [9.17, 15) is 24.5 Å². The maximum Gasteiger partial charge on any atom is 0.356 e. The van der Waals surface area contributed by atoms with Gasteiger partial charge in [-0.1, -0.05) is 41.1 Å².